The number of rotatable bonds is 8. The molecule has 0 saturated carbocycles. The van der Waals surface area contributed by atoms with E-state index in [4.69, 9.17) is 27.9 Å². The summed E-state index contributed by atoms with van der Waals surface area (Å²) in [5.74, 6) is 0.0483. The number of carbonyl (C=O) groups excluding carboxylic acids is 2. The van der Waals surface area contributed by atoms with Crippen molar-refractivity contribution in [1.82, 2.24) is 10.2 Å². The van der Waals surface area contributed by atoms with Crippen molar-refractivity contribution in [2.45, 2.75) is 13.5 Å². The van der Waals surface area contributed by atoms with Crippen molar-refractivity contribution in [3.63, 3.8) is 0 Å². The Kier molecular flexibility index (Phi) is 7.75. The maximum atomic E-state index is 11.9. The number of hydrogen-bond acceptors (Lipinski definition) is 3. The van der Waals surface area contributed by atoms with E-state index >= 15 is 0 Å². The second-order valence-electron chi connectivity index (χ2n) is 5.64. The van der Waals surface area contributed by atoms with Crippen LogP contribution in [0.1, 0.15) is 12.5 Å². The molecule has 0 heterocycles. The molecule has 0 aliphatic heterocycles. The number of nitrogens with zero attached hydrogens (tertiary/aromatic N) is 1. The molecule has 0 aliphatic carbocycles. The molecule has 0 unspecified atom stereocenters. The highest BCUT2D eigenvalue weighted by atomic mass is 35.5. The van der Waals surface area contributed by atoms with Gasteiger partial charge in [-0.3, -0.25) is 9.59 Å². The van der Waals surface area contributed by atoms with E-state index in [9.17, 15) is 9.59 Å². The summed E-state index contributed by atoms with van der Waals surface area (Å²) >= 11 is 11.8. The molecule has 5 nitrogen and oxygen atoms in total. The Bertz CT molecular complexity index is 754. The van der Waals surface area contributed by atoms with Crippen LogP contribution in [0.5, 0.6) is 5.75 Å². The van der Waals surface area contributed by atoms with Gasteiger partial charge in [-0.15, -0.1) is 0 Å². The van der Waals surface area contributed by atoms with E-state index in [1.54, 1.807) is 23.1 Å². The van der Waals surface area contributed by atoms with Crippen molar-refractivity contribution in [3.8, 4) is 5.75 Å². The first kappa shape index (κ1) is 20.1. The standard InChI is InChI=1S/C19H20Cl2N2O3/c1-14(24)23(12-15-5-3-2-4-6-15)10-9-22-19(25)13-26-18-8-7-16(20)11-17(18)21/h2-8,11H,9-10,12-13H2,1H3,(H,22,25). The number of halogens is 2. The van der Waals surface area contributed by atoms with Crippen LogP contribution in [-0.2, 0) is 16.1 Å². The van der Waals surface area contributed by atoms with Crippen LogP contribution in [0.3, 0.4) is 0 Å². The van der Waals surface area contributed by atoms with Crippen LogP contribution in [0.4, 0.5) is 0 Å². The van der Waals surface area contributed by atoms with Crippen LogP contribution >= 0.6 is 23.2 Å². The number of hydrogen-bond donors (Lipinski definition) is 1. The Hall–Kier alpha value is -2.24. The Morgan fingerprint density at radius 3 is 2.50 bits per heavy atom. The lowest BCUT2D eigenvalue weighted by atomic mass is 10.2. The van der Waals surface area contributed by atoms with Gasteiger partial charge in [0.15, 0.2) is 6.61 Å². The molecule has 0 radical (unpaired) electrons. The SMILES string of the molecule is CC(=O)N(CCNC(=O)COc1ccc(Cl)cc1Cl)Cc1ccccc1. The summed E-state index contributed by atoms with van der Waals surface area (Å²) in [7, 11) is 0. The molecule has 2 aromatic rings. The molecule has 2 aromatic carbocycles. The molecule has 138 valence electrons. The normalized spacial score (nSPS) is 10.3. The third-order valence-corrected chi connectivity index (χ3v) is 4.15. The quantitative estimate of drug-likeness (QED) is 0.744. The van der Waals surface area contributed by atoms with Crippen molar-refractivity contribution >= 4 is 35.0 Å². The molecule has 1 N–H and O–H groups in total. The molecule has 2 rings (SSSR count). The van der Waals surface area contributed by atoms with Crippen LogP contribution in [0, 0.1) is 0 Å². The average molecular weight is 395 g/mol. The summed E-state index contributed by atoms with van der Waals surface area (Å²) < 4.78 is 5.37. The molecule has 0 fully saturated rings. The molecule has 26 heavy (non-hydrogen) atoms. The van der Waals surface area contributed by atoms with E-state index < -0.39 is 0 Å². The van der Waals surface area contributed by atoms with Gasteiger partial charge in [0, 0.05) is 31.6 Å². The van der Waals surface area contributed by atoms with Gasteiger partial charge in [0.05, 0.1) is 5.02 Å². The van der Waals surface area contributed by atoms with Gasteiger partial charge in [-0.05, 0) is 23.8 Å². The van der Waals surface area contributed by atoms with E-state index in [0.29, 0.717) is 35.4 Å². The molecular formula is C19H20Cl2N2O3. The first-order valence-corrected chi connectivity index (χ1v) is 8.85. The maximum absolute atomic E-state index is 11.9. The highest BCUT2D eigenvalue weighted by molar-refractivity contribution is 6.35. The fourth-order valence-corrected chi connectivity index (χ4v) is 2.73. The third-order valence-electron chi connectivity index (χ3n) is 3.62. The zero-order valence-electron chi connectivity index (χ0n) is 14.4. The Morgan fingerprint density at radius 2 is 1.85 bits per heavy atom. The second kappa shape index (κ2) is 10.0. The van der Waals surface area contributed by atoms with Gasteiger partial charge in [-0.25, -0.2) is 0 Å². The second-order valence-corrected chi connectivity index (χ2v) is 6.48. The summed E-state index contributed by atoms with van der Waals surface area (Å²) in [5.41, 5.74) is 1.04. The zero-order valence-corrected chi connectivity index (χ0v) is 15.9. The topological polar surface area (TPSA) is 58.6 Å². The summed E-state index contributed by atoms with van der Waals surface area (Å²) in [6, 6.07) is 14.5. The minimum Gasteiger partial charge on any atom is -0.482 e. The predicted octanol–water partition coefficient (Wildman–Crippen LogP) is 3.54. The minimum absolute atomic E-state index is 0.0488. The third kappa shape index (κ3) is 6.58. The maximum Gasteiger partial charge on any atom is 0.258 e. The highest BCUT2D eigenvalue weighted by Crippen LogP contribution is 2.27. The van der Waals surface area contributed by atoms with Gasteiger partial charge in [-0.2, -0.15) is 0 Å². The van der Waals surface area contributed by atoms with Crippen molar-refractivity contribution < 1.29 is 14.3 Å². The number of benzene rings is 2. The van der Waals surface area contributed by atoms with Crippen LogP contribution in [-0.4, -0.2) is 36.4 Å². The Morgan fingerprint density at radius 1 is 1.12 bits per heavy atom. The van der Waals surface area contributed by atoms with E-state index in [0.717, 1.165) is 5.56 Å². The average Bonchev–Trinajstić information content (AvgIpc) is 2.61. The summed E-state index contributed by atoms with van der Waals surface area (Å²) in [4.78, 5) is 25.3. The van der Waals surface area contributed by atoms with Gasteiger partial charge in [0.2, 0.25) is 5.91 Å². The highest BCUT2D eigenvalue weighted by Gasteiger charge is 2.11. The fraction of sp³-hybridized carbons (Fsp3) is 0.263. The van der Waals surface area contributed by atoms with Crippen molar-refractivity contribution in [3.05, 3.63) is 64.1 Å². The molecule has 0 atom stereocenters. The molecule has 0 bridgehead atoms. The van der Waals surface area contributed by atoms with Crippen LogP contribution in [0.25, 0.3) is 0 Å². The number of nitrogens with one attached hydrogen (secondary N) is 1. The van der Waals surface area contributed by atoms with Crippen LogP contribution in [0.2, 0.25) is 10.0 Å². The molecule has 2 amide bonds. The van der Waals surface area contributed by atoms with Crippen LogP contribution < -0.4 is 10.1 Å². The molecule has 0 aliphatic rings. The van der Waals surface area contributed by atoms with Gasteiger partial charge in [0.25, 0.3) is 5.91 Å². The lowest BCUT2D eigenvalue weighted by Gasteiger charge is -2.21. The number of carbonyl (C=O) groups is 2. The summed E-state index contributed by atoms with van der Waals surface area (Å²) in [6.07, 6.45) is 0. The Labute approximate surface area is 162 Å². The predicted molar refractivity (Wildman–Crippen MR) is 102 cm³/mol. The molecule has 0 aromatic heterocycles. The van der Waals surface area contributed by atoms with Crippen molar-refractivity contribution in [2.24, 2.45) is 0 Å². The number of amides is 2. The van der Waals surface area contributed by atoms with E-state index in [1.165, 1.54) is 6.92 Å². The van der Waals surface area contributed by atoms with Crippen LogP contribution in [0.15, 0.2) is 48.5 Å². The summed E-state index contributed by atoms with van der Waals surface area (Å²) in [6.45, 7) is 2.60. The van der Waals surface area contributed by atoms with Crippen molar-refractivity contribution in [2.75, 3.05) is 19.7 Å². The minimum atomic E-state index is -0.292. The monoisotopic (exact) mass is 394 g/mol. The summed E-state index contributed by atoms with van der Waals surface area (Å²) in [5, 5.41) is 3.57. The first-order chi connectivity index (χ1) is 12.5. The van der Waals surface area contributed by atoms with E-state index in [1.807, 2.05) is 30.3 Å². The van der Waals surface area contributed by atoms with Gasteiger partial charge in [0.1, 0.15) is 5.75 Å². The molecule has 0 saturated heterocycles. The van der Waals surface area contributed by atoms with E-state index in [-0.39, 0.29) is 18.4 Å². The number of ether oxygens (including phenoxy) is 1. The largest absolute Gasteiger partial charge is 0.482 e. The molecule has 0 spiro atoms. The molecule has 7 heteroatoms. The fourth-order valence-electron chi connectivity index (χ4n) is 2.27. The Balaban J connectivity index is 1.76. The first-order valence-electron chi connectivity index (χ1n) is 8.09. The van der Waals surface area contributed by atoms with Crippen molar-refractivity contribution in [1.29, 1.82) is 0 Å². The van der Waals surface area contributed by atoms with Gasteiger partial charge < -0.3 is 15.0 Å². The van der Waals surface area contributed by atoms with E-state index in [2.05, 4.69) is 5.32 Å². The lowest BCUT2D eigenvalue weighted by molar-refractivity contribution is -0.130. The smallest absolute Gasteiger partial charge is 0.258 e. The van der Waals surface area contributed by atoms with Gasteiger partial charge >= 0.3 is 0 Å². The zero-order chi connectivity index (χ0) is 18.9. The lowest BCUT2D eigenvalue weighted by Crippen LogP contribution is -2.38. The molecular weight excluding hydrogens is 375 g/mol. The van der Waals surface area contributed by atoms with Gasteiger partial charge in [-0.1, -0.05) is 53.5 Å².